The van der Waals surface area contributed by atoms with Crippen LogP contribution < -0.4 is 10.2 Å². The second-order valence-corrected chi connectivity index (χ2v) is 3.72. The average molecular weight is 208 g/mol. The normalized spacial score (nSPS) is 14.5. The molecule has 1 aromatic carbocycles. The molecule has 0 spiro atoms. The zero-order valence-corrected chi connectivity index (χ0v) is 8.80. The first-order chi connectivity index (χ1) is 7.09. The lowest BCUT2D eigenvalue weighted by Crippen LogP contribution is -2.37. The van der Waals surface area contributed by atoms with Gasteiger partial charge in [-0.05, 0) is 24.6 Å². The third-order valence-electron chi connectivity index (χ3n) is 2.60. The minimum absolute atomic E-state index is 0.0546. The number of hydrogen-bond acceptors (Lipinski definition) is 2. The standard InChI is InChI=1S/C11H13FN2O/c1-7-5-10-11(6-9(7)12)14(8(2)15)4-3-13-10/h5-6,13H,3-4H2,1-2H3. The molecule has 0 saturated carbocycles. The third-order valence-corrected chi connectivity index (χ3v) is 2.60. The summed E-state index contributed by atoms with van der Waals surface area (Å²) in [5.41, 5.74) is 2.05. The van der Waals surface area contributed by atoms with Crippen LogP contribution in [0.3, 0.4) is 0 Å². The van der Waals surface area contributed by atoms with Crippen LogP contribution in [0.15, 0.2) is 12.1 Å². The molecule has 1 aromatic rings. The molecule has 1 N–H and O–H groups in total. The lowest BCUT2D eigenvalue weighted by molar-refractivity contribution is -0.116. The van der Waals surface area contributed by atoms with Gasteiger partial charge in [-0.2, -0.15) is 0 Å². The van der Waals surface area contributed by atoms with Crippen LogP contribution in [0, 0.1) is 12.7 Å². The predicted octanol–water partition coefficient (Wildman–Crippen LogP) is 1.91. The number of carbonyl (C=O) groups is 1. The number of nitrogens with zero attached hydrogens (tertiary/aromatic N) is 1. The number of carbonyl (C=O) groups excluding carboxylic acids is 1. The number of hydrogen-bond donors (Lipinski definition) is 1. The van der Waals surface area contributed by atoms with Gasteiger partial charge in [0.25, 0.3) is 0 Å². The number of benzene rings is 1. The van der Waals surface area contributed by atoms with E-state index in [1.165, 1.54) is 13.0 Å². The summed E-state index contributed by atoms with van der Waals surface area (Å²) >= 11 is 0. The van der Waals surface area contributed by atoms with E-state index in [9.17, 15) is 9.18 Å². The van der Waals surface area contributed by atoms with Crippen molar-refractivity contribution in [2.45, 2.75) is 13.8 Å². The molecule has 0 bridgehead atoms. The van der Waals surface area contributed by atoms with Crippen LogP contribution in [0.4, 0.5) is 15.8 Å². The molecule has 0 aliphatic carbocycles. The highest BCUT2D eigenvalue weighted by molar-refractivity contribution is 5.96. The van der Waals surface area contributed by atoms with E-state index in [4.69, 9.17) is 0 Å². The molecule has 4 heteroatoms. The molecule has 0 unspecified atom stereocenters. The Balaban J connectivity index is 2.51. The van der Waals surface area contributed by atoms with Crippen molar-refractivity contribution >= 4 is 17.3 Å². The van der Waals surface area contributed by atoms with Crippen LogP contribution in [0.2, 0.25) is 0 Å². The number of halogens is 1. The molecule has 15 heavy (non-hydrogen) atoms. The first-order valence-corrected chi connectivity index (χ1v) is 4.91. The highest BCUT2D eigenvalue weighted by Crippen LogP contribution is 2.31. The van der Waals surface area contributed by atoms with Gasteiger partial charge in [0.1, 0.15) is 5.82 Å². The van der Waals surface area contributed by atoms with Crippen molar-refractivity contribution in [3.63, 3.8) is 0 Å². The maximum atomic E-state index is 13.4. The predicted molar refractivity (Wildman–Crippen MR) is 57.7 cm³/mol. The Morgan fingerprint density at radius 3 is 2.93 bits per heavy atom. The topological polar surface area (TPSA) is 32.3 Å². The van der Waals surface area contributed by atoms with Crippen molar-refractivity contribution in [2.24, 2.45) is 0 Å². The van der Waals surface area contributed by atoms with Crippen LogP contribution in [0.25, 0.3) is 0 Å². The van der Waals surface area contributed by atoms with Gasteiger partial charge >= 0.3 is 0 Å². The molecule has 0 atom stereocenters. The summed E-state index contributed by atoms with van der Waals surface area (Å²) in [7, 11) is 0. The Morgan fingerprint density at radius 1 is 1.53 bits per heavy atom. The molecule has 0 fully saturated rings. The van der Waals surface area contributed by atoms with Gasteiger partial charge in [0, 0.05) is 20.0 Å². The first-order valence-electron chi connectivity index (χ1n) is 4.91. The number of anilines is 2. The monoisotopic (exact) mass is 208 g/mol. The molecule has 80 valence electrons. The lowest BCUT2D eigenvalue weighted by atomic mass is 10.1. The number of aryl methyl sites for hydroxylation is 1. The fraction of sp³-hybridized carbons (Fsp3) is 0.364. The molecular weight excluding hydrogens is 195 g/mol. The molecule has 0 saturated heterocycles. The summed E-state index contributed by atoms with van der Waals surface area (Å²) in [6.45, 7) is 4.50. The van der Waals surface area contributed by atoms with Gasteiger partial charge in [-0.15, -0.1) is 0 Å². The zero-order valence-electron chi connectivity index (χ0n) is 8.80. The molecule has 1 aliphatic heterocycles. The second kappa shape index (κ2) is 3.53. The van der Waals surface area contributed by atoms with Crippen molar-refractivity contribution in [1.82, 2.24) is 0 Å². The van der Waals surface area contributed by atoms with Crippen LogP contribution in [-0.2, 0) is 4.79 Å². The molecule has 1 heterocycles. The highest BCUT2D eigenvalue weighted by atomic mass is 19.1. The SMILES string of the molecule is CC(=O)N1CCNc2cc(C)c(F)cc21. The largest absolute Gasteiger partial charge is 0.382 e. The number of rotatable bonds is 0. The van der Waals surface area contributed by atoms with Crippen LogP contribution >= 0.6 is 0 Å². The quantitative estimate of drug-likeness (QED) is 0.706. The smallest absolute Gasteiger partial charge is 0.223 e. The molecular formula is C11H13FN2O. The average Bonchev–Trinajstić information content (AvgIpc) is 2.18. The molecule has 1 amide bonds. The van der Waals surface area contributed by atoms with Crippen LogP contribution in [-0.4, -0.2) is 19.0 Å². The Hall–Kier alpha value is -1.58. The summed E-state index contributed by atoms with van der Waals surface area (Å²) in [6.07, 6.45) is 0. The van der Waals surface area contributed by atoms with E-state index in [0.717, 1.165) is 5.69 Å². The summed E-state index contributed by atoms with van der Waals surface area (Å²) in [5.74, 6) is -0.329. The van der Waals surface area contributed by atoms with Crippen LogP contribution in [0.1, 0.15) is 12.5 Å². The summed E-state index contributed by atoms with van der Waals surface area (Å²) in [5, 5.41) is 3.15. The minimum atomic E-state index is -0.274. The van der Waals surface area contributed by atoms with Crippen LogP contribution in [0.5, 0.6) is 0 Å². The minimum Gasteiger partial charge on any atom is -0.382 e. The molecule has 0 aromatic heterocycles. The first kappa shape index (κ1) is 9.96. The zero-order chi connectivity index (χ0) is 11.0. The molecule has 2 rings (SSSR count). The number of fused-ring (bicyclic) bond motifs is 1. The van der Waals surface area contributed by atoms with Crippen molar-refractivity contribution in [3.8, 4) is 0 Å². The van der Waals surface area contributed by atoms with Gasteiger partial charge in [0.05, 0.1) is 11.4 Å². The Morgan fingerprint density at radius 2 is 2.27 bits per heavy atom. The molecule has 0 radical (unpaired) electrons. The maximum Gasteiger partial charge on any atom is 0.223 e. The van der Waals surface area contributed by atoms with Gasteiger partial charge in [-0.1, -0.05) is 0 Å². The van der Waals surface area contributed by atoms with E-state index in [2.05, 4.69) is 5.32 Å². The maximum absolute atomic E-state index is 13.4. The fourth-order valence-corrected chi connectivity index (χ4v) is 1.79. The van der Waals surface area contributed by atoms with Crippen molar-refractivity contribution in [2.75, 3.05) is 23.3 Å². The van der Waals surface area contributed by atoms with Crippen molar-refractivity contribution < 1.29 is 9.18 Å². The van der Waals surface area contributed by atoms with Gasteiger partial charge in [-0.25, -0.2) is 4.39 Å². The van der Waals surface area contributed by atoms with E-state index >= 15 is 0 Å². The molecule has 1 aliphatic rings. The highest BCUT2D eigenvalue weighted by Gasteiger charge is 2.20. The van der Waals surface area contributed by atoms with E-state index in [0.29, 0.717) is 24.3 Å². The summed E-state index contributed by atoms with van der Waals surface area (Å²) in [4.78, 5) is 12.9. The Bertz CT molecular complexity index is 417. The Kier molecular flexibility index (Phi) is 2.34. The van der Waals surface area contributed by atoms with E-state index in [1.807, 2.05) is 0 Å². The van der Waals surface area contributed by atoms with Crippen molar-refractivity contribution in [1.29, 1.82) is 0 Å². The summed E-state index contributed by atoms with van der Waals surface area (Å²) in [6, 6.07) is 3.15. The van der Waals surface area contributed by atoms with Gasteiger partial charge < -0.3 is 10.2 Å². The van der Waals surface area contributed by atoms with Gasteiger partial charge in [0.2, 0.25) is 5.91 Å². The van der Waals surface area contributed by atoms with Gasteiger partial charge in [-0.3, -0.25) is 4.79 Å². The number of amides is 1. The summed E-state index contributed by atoms with van der Waals surface area (Å²) < 4.78 is 13.4. The lowest BCUT2D eigenvalue weighted by Gasteiger charge is -2.29. The van der Waals surface area contributed by atoms with E-state index < -0.39 is 0 Å². The molecule has 3 nitrogen and oxygen atoms in total. The van der Waals surface area contributed by atoms with E-state index in [-0.39, 0.29) is 11.7 Å². The van der Waals surface area contributed by atoms with Crippen molar-refractivity contribution in [3.05, 3.63) is 23.5 Å². The third kappa shape index (κ3) is 1.67. The van der Waals surface area contributed by atoms with E-state index in [1.54, 1.807) is 17.9 Å². The number of nitrogens with one attached hydrogen (secondary N) is 1. The van der Waals surface area contributed by atoms with Gasteiger partial charge in [0.15, 0.2) is 0 Å². The Labute approximate surface area is 87.9 Å². The fourth-order valence-electron chi connectivity index (χ4n) is 1.79. The second-order valence-electron chi connectivity index (χ2n) is 3.72.